The van der Waals surface area contributed by atoms with Gasteiger partial charge in [-0.3, -0.25) is 0 Å². The Hall–Kier alpha value is -1.56. The summed E-state index contributed by atoms with van der Waals surface area (Å²) in [5.74, 6) is -2.99. The van der Waals surface area contributed by atoms with Gasteiger partial charge in [0, 0.05) is 5.56 Å². The predicted octanol–water partition coefficient (Wildman–Crippen LogP) is 2.15. The van der Waals surface area contributed by atoms with Gasteiger partial charge in [-0.05, 0) is 5.41 Å². The minimum Gasteiger partial charge on any atom is -0.506 e. The van der Waals surface area contributed by atoms with E-state index in [2.05, 4.69) is 0 Å². The number of carbonyl (C=O) groups is 2. The number of aromatic carboxylic acids is 2. The first-order valence-electron chi connectivity index (χ1n) is 4.49. The third-order valence-electron chi connectivity index (χ3n) is 2.02. The first-order valence-corrected chi connectivity index (χ1v) is 5.30. The Labute approximate surface area is 96.0 Å². The van der Waals surface area contributed by atoms with Gasteiger partial charge in [-0.25, -0.2) is 9.59 Å². The Kier molecular flexibility index (Phi) is 2.96. The first kappa shape index (κ1) is 12.5. The Bertz CT molecular complexity index is 453. The zero-order valence-corrected chi connectivity index (χ0v) is 9.88. The molecule has 0 bridgehead atoms. The third kappa shape index (κ3) is 2.01. The number of rotatable bonds is 2. The molecule has 0 saturated heterocycles. The predicted molar refractivity (Wildman–Crippen MR) is 58.6 cm³/mol. The molecule has 0 radical (unpaired) electrons. The van der Waals surface area contributed by atoms with E-state index in [1.807, 2.05) is 0 Å². The van der Waals surface area contributed by atoms with Crippen molar-refractivity contribution in [3.05, 3.63) is 15.3 Å². The lowest BCUT2D eigenvalue weighted by atomic mass is 9.86. The van der Waals surface area contributed by atoms with Gasteiger partial charge in [-0.1, -0.05) is 20.8 Å². The zero-order valence-electron chi connectivity index (χ0n) is 9.07. The van der Waals surface area contributed by atoms with E-state index >= 15 is 0 Å². The van der Waals surface area contributed by atoms with E-state index in [9.17, 15) is 14.7 Å². The summed E-state index contributed by atoms with van der Waals surface area (Å²) in [5.41, 5.74) is -0.454. The van der Waals surface area contributed by atoms with Crippen molar-refractivity contribution in [1.82, 2.24) is 0 Å². The van der Waals surface area contributed by atoms with Crippen molar-refractivity contribution in [2.24, 2.45) is 0 Å². The fourth-order valence-corrected chi connectivity index (χ4v) is 2.50. The lowest BCUT2D eigenvalue weighted by molar-refractivity contribution is 0.0688. The first-order chi connectivity index (χ1) is 7.16. The van der Waals surface area contributed by atoms with Crippen molar-refractivity contribution in [1.29, 1.82) is 0 Å². The van der Waals surface area contributed by atoms with E-state index in [-0.39, 0.29) is 15.3 Å². The molecule has 1 aromatic heterocycles. The van der Waals surface area contributed by atoms with Crippen LogP contribution >= 0.6 is 11.3 Å². The fraction of sp³-hybridized carbons (Fsp3) is 0.400. The number of hydrogen-bond donors (Lipinski definition) is 3. The summed E-state index contributed by atoms with van der Waals surface area (Å²) in [6.45, 7) is 5.15. The average molecular weight is 244 g/mol. The van der Waals surface area contributed by atoms with Gasteiger partial charge in [-0.15, -0.1) is 11.3 Å². The zero-order chi connectivity index (χ0) is 12.7. The molecular formula is C10H12O5S. The lowest BCUT2D eigenvalue weighted by Crippen LogP contribution is -2.14. The summed E-state index contributed by atoms with van der Waals surface area (Å²) < 4.78 is 0. The summed E-state index contributed by atoms with van der Waals surface area (Å²) in [6, 6.07) is 0. The second-order valence-corrected chi connectivity index (χ2v) is 5.36. The van der Waals surface area contributed by atoms with Crippen molar-refractivity contribution in [2.45, 2.75) is 26.2 Å². The molecule has 0 aromatic carbocycles. The van der Waals surface area contributed by atoms with E-state index in [4.69, 9.17) is 10.2 Å². The maximum Gasteiger partial charge on any atom is 0.349 e. The molecule has 1 rings (SSSR count). The smallest absolute Gasteiger partial charge is 0.349 e. The van der Waals surface area contributed by atoms with Crippen LogP contribution in [0.3, 0.4) is 0 Å². The minimum absolute atomic E-state index is 0.123. The highest BCUT2D eigenvalue weighted by molar-refractivity contribution is 7.16. The van der Waals surface area contributed by atoms with Crippen molar-refractivity contribution in [2.75, 3.05) is 0 Å². The third-order valence-corrected chi connectivity index (χ3v) is 3.18. The largest absolute Gasteiger partial charge is 0.506 e. The number of carboxylic acids is 2. The summed E-state index contributed by atoms with van der Waals surface area (Å²) in [4.78, 5) is 21.3. The van der Waals surface area contributed by atoms with Crippen molar-refractivity contribution < 1.29 is 24.9 Å². The molecule has 0 amide bonds. The molecule has 1 aromatic rings. The fourth-order valence-electron chi connectivity index (χ4n) is 1.41. The second-order valence-electron chi connectivity index (χ2n) is 4.34. The van der Waals surface area contributed by atoms with Gasteiger partial charge >= 0.3 is 11.9 Å². The van der Waals surface area contributed by atoms with Crippen LogP contribution in [0, 0.1) is 0 Å². The van der Waals surface area contributed by atoms with Gasteiger partial charge in [-0.2, -0.15) is 0 Å². The molecule has 1 heterocycles. The van der Waals surface area contributed by atoms with Crippen LogP contribution < -0.4 is 0 Å². The molecule has 0 fully saturated rings. The maximum atomic E-state index is 11.0. The molecule has 6 heteroatoms. The van der Waals surface area contributed by atoms with Crippen LogP contribution in [0.15, 0.2) is 0 Å². The molecule has 0 aliphatic rings. The molecule has 16 heavy (non-hydrogen) atoms. The van der Waals surface area contributed by atoms with Crippen LogP contribution in [0.1, 0.15) is 45.7 Å². The SMILES string of the molecule is CC(C)(C)c1c(C(=O)O)sc(C(=O)O)c1O. The van der Waals surface area contributed by atoms with Gasteiger partial charge in [0.2, 0.25) is 0 Å². The molecule has 3 N–H and O–H groups in total. The highest BCUT2D eigenvalue weighted by Crippen LogP contribution is 2.41. The molecule has 5 nitrogen and oxygen atoms in total. The molecule has 0 spiro atoms. The van der Waals surface area contributed by atoms with Crippen molar-refractivity contribution in [3.63, 3.8) is 0 Å². The molecule has 0 atom stereocenters. The van der Waals surface area contributed by atoms with Gasteiger partial charge in [0.1, 0.15) is 10.6 Å². The van der Waals surface area contributed by atoms with Gasteiger partial charge in [0.25, 0.3) is 0 Å². The lowest BCUT2D eigenvalue weighted by Gasteiger charge is -2.18. The number of aromatic hydroxyl groups is 1. The Morgan fingerprint density at radius 2 is 1.50 bits per heavy atom. The summed E-state index contributed by atoms with van der Waals surface area (Å²) in [7, 11) is 0. The van der Waals surface area contributed by atoms with E-state index in [1.54, 1.807) is 20.8 Å². The van der Waals surface area contributed by atoms with E-state index in [0.717, 1.165) is 0 Å². The van der Waals surface area contributed by atoms with Gasteiger partial charge < -0.3 is 15.3 Å². The topological polar surface area (TPSA) is 94.8 Å². The molecule has 0 saturated carbocycles. The van der Waals surface area contributed by atoms with Crippen LogP contribution in [0.2, 0.25) is 0 Å². The van der Waals surface area contributed by atoms with E-state index in [1.165, 1.54) is 0 Å². The standard InChI is InChI=1S/C10H12O5S/c1-10(2,3)4-5(11)7(9(14)15)16-6(4)8(12)13/h11H,1-3H3,(H,12,13)(H,14,15). The van der Waals surface area contributed by atoms with Crippen LogP contribution in [-0.2, 0) is 5.41 Å². The van der Waals surface area contributed by atoms with Gasteiger partial charge in [0.05, 0.1) is 0 Å². The minimum atomic E-state index is -1.32. The summed E-state index contributed by atoms with van der Waals surface area (Å²) in [6.07, 6.45) is 0. The van der Waals surface area contributed by atoms with Gasteiger partial charge in [0.15, 0.2) is 4.88 Å². The number of carboxylic acid groups (broad SMARTS) is 2. The van der Waals surface area contributed by atoms with Crippen molar-refractivity contribution in [3.8, 4) is 5.75 Å². The number of thiophene rings is 1. The highest BCUT2D eigenvalue weighted by Gasteiger charge is 2.32. The normalized spacial score (nSPS) is 11.4. The van der Waals surface area contributed by atoms with Crippen LogP contribution in [-0.4, -0.2) is 27.3 Å². The monoisotopic (exact) mass is 244 g/mol. The highest BCUT2D eigenvalue weighted by atomic mass is 32.1. The summed E-state index contributed by atoms with van der Waals surface area (Å²) in [5, 5.41) is 27.5. The average Bonchev–Trinajstić information content (AvgIpc) is 2.41. The molecular weight excluding hydrogens is 232 g/mol. The number of hydrogen-bond acceptors (Lipinski definition) is 4. The summed E-state index contributed by atoms with van der Waals surface area (Å²) >= 11 is 0.580. The van der Waals surface area contributed by atoms with Crippen LogP contribution in [0.4, 0.5) is 0 Å². The van der Waals surface area contributed by atoms with E-state index in [0.29, 0.717) is 11.3 Å². The Balaban J connectivity index is 3.57. The second kappa shape index (κ2) is 3.79. The van der Waals surface area contributed by atoms with Crippen LogP contribution in [0.5, 0.6) is 5.75 Å². The van der Waals surface area contributed by atoms with Crippen LogP contribution in [0.25, 0.3) is 0 Å². The quantitative estimate of drug-likeness (QED) is 0.740. The molecule has 88 valence electrons. The molecule has 0 unspecified atom stereocenters. The van der Waals surface area contributed by atoms with Crippen molar-refractivity contribution >= 4 is 23.3 Å². The van der Waals surface area contributed by atoms with E-state index < -0.39 is 23.1 Å². The molecule has 0 aliphatic carbocycles. The Morgan fingerprint density at radius 3 is 1.75 bits per heavy atom. The Morgan fingerprint density at radius 1 is 1.06 bits per heavy atom. The molecule has 0 aliphatic heterocycles. The maximum absolute atomic E-state index is 11.0.